The lowest BCUT2D eigenvalue weighted by atomic mass is 10.1. The fraction of sp³-hybridized carbons (Fsp3) is 0.208. The van der Waals surface area contributed by atoms with Crippen LogP contribution in [0, 0.1) is 21.4 Å². The van der Waals surface area contributed by atoms with Crippen LogP contribution in [-0.2, 0) is 26.2 Å². The SMILES string of the molecule is COc1ccc(CN(Cc2ccc(C#N)cc2)Cc2ccc(CN)cc2)cc1[N+](=O)[O-]. The molecule has 0 atom stereocenters. The van der Waals surface area contributed by atoms with Crippen molar-refractivity contribution in [1.82, 2.24) is 4.90 Å². The van der Waals surface area contributed by atoms with Gasteiger partial charge in [-0.25, -0.2) is 0 Å². The Morgan fingerprint density at radius 3 is 1.97 bits per heavy atom. The number of nitrogens with zero attached hydrogens (tertiary/aromatic N) is 3. The Kier molecular flexibility index (Phi) is 7.33. The molecule has 2 N–H and O–H groups in total. The molecule has 31 heavy (non-hydrogen) atoms. The molecule has 0 amide bonds. The normalized spacial score (nSPS) is 10.6. The monoisotopic (exact) mass is 416 g/mol. The van der Waals surface area contributed by atoms with E-state index in [1.807, 2.05) is 42.5 Å². The molecule has 3 aromatic rings. The van der Waals surface area contributed by atoms with Gasteiger partial charge in [0.25, 0.3) is 0 Å². The van der Waals surface area contributed by atoms with Crippen molar-refractivity contribution < 1.29 is 9.66 Å². The molecule has 0 bridgehead atoms. The first-order valence-electron chi connectivity index (χ1n) is 9.83. The number of nitro benzene ring substituents is 1. The molecule has 0 saturated carbocycles. The van der Waals surface area contributed by atoms with Crippen LogP contribution < -0.4 is 10.5 Å². The number of nitriles is 1. The summed E-state index contributed by atoms with van der Waals surface area (Å²) in [6.45, 7) is 2.29. The summed E-state index contributed by atoms with van der Waals surface area (Å²) >= 11 is 0. The van der Waals surface area contributed by atoms with E-state index in [0.717, 1.165) is 22.3 Å². The first-order valence-corrected chi connectivity index (χ1v) is 9.83. The van der Waals surface area contributed by atoms with E-state index in [-0.39, 0.29) is 11.4 Å². The third-order valence-electron chi connectivity index (χ3n) is 5.00. The summed E-state index contributed by atoms with van der Waals surface area (Å²) in [5, 5.41) is 20.4. The third-order valence-corrected chi connectivity index (χ3v) is 5.00. The lowest BCUT2D eigenvalue weighted by molar-refractivity contribution is -0.385. The molecule has 0 aromatic heterocycles. The number of benzene rings is 3. The van der Waals surface area contributed by atoms with Gasteiger partial charge in [-0.15, -0.1) is 0 Å². The highest BCUT2D eigenvalue weighted by Gasteiger charge is 2.17. The van der Waals surface area contributed by atoms with Gasteiger partial charge < -0.3 is 10.5 Å². The van der Waals surface area contributed by atoms with Gasteiger partial charge in [-0.05, 0) is 40.5 Å². The minimum absolute atomic E-state index is 0.0504. The molecule has 7 heteroatoms. The van der Waals surface area contributed by atoms with Gasteiger partial charge >= 0.3 is 5.69 Å². The minimum atomic E-state index is -0.432. The molecule has 0 heterocycles. The van der Waals surface area contributed by atoms with Crippen molar-refractivity contribution in [2.24, 2.45) is 5.73 Å². The average molecular weight is 416 g/mol. The largest absolute Gasteiger partial charge is 0.490 e. The second-order valence-corrected chi connectivity index (χ2v) is 7.24. The summed E-state index contributed by atoms with van der Waals surface area (Å²) in [6.07, 6.45) is 0. The van der Waals surface area contributed by atoms with Crippen LogP contribution >= 0.6 is 0 Å². The summed E-state index contributed by atoms with van der Waals surface area (Å²) in [5.74, 6) is 0.241. The maximum atomic E-state index is 11.4. The number of hydrogen-bond donors (Lipinski definition) is 1. The molecule has 0 radical (unpaired) electrons. The Labute approximate surface area is 181 Å². The Balaban J connectivity index is 1.85. The number of nitro groups is 1. The highest BCUT2D eigenvalue weighted by Crippen LogP contribution is 2.28. The molecule has 0 aliphatic rings. The topological polar surface area (TPSA) is 105 Å². The van der Waals surface area contributed by atoms with Crippen LogP contribution in [0.3, 0.4) is 0 Å². The van der Waals surface area contributed by atoms with E-state index in [4.69, 9.17) is 15.7 Å². The molecule has 0 unspecified atom stereocenters. The van der Waals surface area contributed by atoms with Gasteiger partial charge in [0.05, 0.1) is 23.7 Å². The standard InChI is InChI=1S/C24H24N4O3/c1-31-24-11-10-22(12-23(24)28(29)30)17-27(15-20-6-2-18(13-25)3-7-20)16-21-8-4-19(14-26)5-9-21/h2-12H,13,15-17,25H2,1H3. The molecule has 3 aromatic carbocycles. The van der Waals surface area contributed by atoms with Crippen LogP contribution in [0.25, 0.3) is 0 Å². The predicted octanol–water partition coefficient (Wildman–Crippen LogP) is 4.14. The average Bonchev–Trinajstić information content (AvgIpc) is 2.80. The van der Waals surface area contributed by atoms with E-state index in [0.29, 0.717) is 31.7 Å². The fourth-order valence-electron chi connectivity index (χ4n) is 3.38. The Morgan fingerprint density at radius 2 is 1.45 bits per heavy atom. The fourth-order valence-corrected chi connectivity index (χ4v) is 3.38. The second-order valence-electron chi connectivity index (χ2n) is 7.24. The van der Waals surface area contributed by atoms with Gasteiger partial charge in [0.15, 0.2) is 5.75 Å². The lowest BCUT2D eigenvalue weighted by Crippen LogP contribution is -2.22. The van der Waals surface area contributed by atoms with Crippen molar-refractivity contribution in [1.29, 1.82) is 5.26 Å². The second kappa shape index (κ2) is 10.3. The third kappa shape index (κ3) is 5.89. The molecule has 0 fully saturated rings. The van der Waals surface area contributed by atoms with Crippen molar-refractivity contribution >= 4 is 5.69 Å². The van der Waals surface area contributed by atoms with Crippen LogP contribution in [0.2, 0.25) is 0 Å². The summed E-state index contributed by atoms with van der Waals surface area (Å²) in [7, 11) is 1.42. The number of ether oxygens (including phenoxy) is 1. The van der Waals surface area contributed by atoms with Gasteiger partial charge in [-0.3, -0.25) is 15.0 Å². The Hall–Kier alpha value is -3.73. The Morgan fingerprint density at radius 1 is 0.935 bits per heavy atom. The van der Waals surface area contributed by atoms with E-state index in [1.54, 1.807) is 24.3 Å². The molecule has 0 aliphatic carbocycles. The smallest absolute Gasteiger partial charge is 0.311 e. The van der Waals surface area contributed by atoms with Gasteiger partial charge in [0, 0.05) is 32.2 Å². The molecule has 158 valence electrons. The van der Waals surface area contributed by atoms with Crippen LogP contribution in [-0.4, -0.2) is 16.9 Å². The van der Waals surface area contributed by atoms with Gasteiger partial charge in [-0.2, -0.15) is 5.26 Å². The lowest BCUT2D eigenvalue weighted by Gasteiger charge is -2.23. The van der Waals surface area contributed by atoms with Gasteiger partial charge in [0.2, 0.25) is 0 Å². The minimum Gasteiger partial charge on any atom is -0.490 e. The summed E-state index contributed by atoms with van der Waals surface area (Å²) in [4.78, 5) is 13.2. The van der Waals surface area contributed by atoms with E-state index in [9.17, 15) is 10.1 Å². The predicted molar refractivity (Wildman–Crippen MR) is 118 cm³/mol. The summed E-state index contributed by atoms with van der Waals surface area (Å²) < 4.78 is 5.11. The zero-order valence-corrected chi connectivity index (χ0v) is 17.3. The molecule has 7 nitrogen and oxygen atoms in total. The van der Waals surface area contributed by atoms with Crippen molar-refractivity contribution in [3.05, 3.63) is 105 Å². The van der Waals surface area contributed by atoms with Crippen molar-refractivity contribution in [3.8, 4) is 11.8 Å². The highest BCUT2D eigenvalue weighted by molar-refractivity contribution is 5.48. The number of methoxy groups -OCH3 is 1. The quantitative estimate of drug-likeness (QED) is 0.415. The summed E-state index contributed by atoms with van der Waals surface area (Å²) in [5.41, 5.74) is 10.3. The maximum absolute atomic E-state index is 11.4. The number of rotatable bonds is 9. The van der Waals surface area contributed by atoms with Crippen LogP contribution in [0.5, 0.6) is 5.75 Å². The van der Waals surface area contributed by atoms with Gasteiger partial charge in [-0.1, -0.05) is 42.5 Å². The first-order chi connectivity index (χ1) is 15.0. The van der Waals surface area contributed by atoms with Crippen LogP contribution in [0.15, 0.2) is 66.7 Å². The molecule has 0 spiro atoms. The van der Waals surface area contributed by atoms with E-state index in [1.165, 1.54) is 7.11 Å². The zero-order valence-electron chi connectivity index (χ0n) is 17.3. The molecular formula is C24H24N4O3. The van der Waals surface area contributed by atoms with Crippen LogP contribution in [0.4, 0.5) is 5.69 Å². The van der Waals surface area contributed by atoms with E-state index >= 15 is 0 Å². The first kappa shape index (κ1) is 22.0. The number of hydrogen-bond acceptors (Lipinski definition) is 6. The van der Waals surface area contributed by atoms with E-state index in [2.05, 4.69) is 11.0 Å². The van der Waals surface area contributed by atoms with Gasteiger partial charge in [0.1, 0.15) is 0 Å². The zero-order chi connectivity index (χ0) is 22.2. The molecule has 0 saturated heterocycles. The summed E-state index contributed by atoms with van der Waals surface area (Å²) in [6, 6.07) is 22.7. The Bertz CT molecular complexity index is 1070. The molecular weight excluding hydrogens is 392 g/mol. The van der Waals surface area contributed by atoms with Crippen LogP contribution in [0.1, 0.15) is 27.8 Å². The molecule has 3 rings (SSSR count). The highest BCUT2D eigenvalue weighted by atomic mass is 16.6. The number of nitrogens with two attached hydrogens (primary N) is 1. The van der Waals surface area contributed by atoms with Crippen molar-refractivity contribution in [2.75, 3.05) is 7.11 Å². The van der Waals surface area contributed by atoms with Crippen molar-refractivity contribution in [2.45, 2.75) is 26.2 Å². The molecule has 0 aliphatic heterocycles. The maximum Gasteiger partial charge on any atom is 0.311 e. The van der Waals surface area contributed by atoms with E-state index < -0.39 is 4.92 Å². The van der Waals surface area contributed by atoms with Crippen molar-refractivity contribution in [3.63, 3.8) is 0 Å².